The first kappa shape index (κ1) is 19.1. The Morgan fingerprint density at radius 2 is 2.08 bits per heavy atom. The van der Waals surface area contributed by atoms with Crippen LogP contribution >= 0.6 is 22.9 Å². The molecule has 0 aliphatic heterocycles. The minimum atomic E-state index is -0.353. The average Bonchev–Trinajstić information content (AvgIpc) is 2.56. The largest absolute Gasteiger partial charge is 0.392 e. The number of benzene rings is 2. The van der Waals surface area contributed by atoms with Gasteiger partial charge in [0.2, 0.25) is 0 Å². The van der Waals surface area contributed by atoms with E-state index in [1.54, 1.807) is 30.4 Å². The van der Waals surface area contributed by atoms with Crippen LogP contribution in [0.25, 0.3) is 20.2 Å². The fraction of sp³-hybridized carbons (Fsp3) is 0.350. The summed E-state index contributed by atoms with van der Waals surface area (Å²) < 4.78 is 1.90. The van der Waals surface area contributed by atoms with Crippen LogP contribution in [0.15, 0.2) is 35.1 Å². The van der Waals surface area contributed by atoms with E-state index < -0.39 is 0 Å². The number of nitrogens with one attached hydrogen (secondary N) is 1. The van der Waals surface area contributed by atoms with Crippen LogP contribution in [-0.4, -0.2) is 42.8 Å². The SMILES string of the molecule is Cc1ccc(NCCN(C)CC(C)O)c2c(=O)c3ccc(Cl)cc3sc12. The van der Waals surface area contributed by atoms with Crippen LogP contribution in [0.2, 0.25) is 5.02 Å². The molecular weight excluding hydrogens is 368 g/mol. The van der Waals surface area contributed by atoms with Gasteiger partial charge in [0.1, 0.15) is 0 Å². The molecule has 0 aliphatic rings. The highest BCUT2D eigenvalue weighted by atomic mass is 35.5. The van der Waals surface area contributed by atoms with Gasteiger partial charge in [-0.15, -0.1) is 11.3 Å². The lowest BCUT2D eigenvalue weighted by Gasteiger charge is -2.19. The minimum Gasteiger partial charge on any atom is -0.392 e. The van der Waals surface area contributed by atoms with E-state index in [2.05, 4.69) is 10.2 Å². The van der Waals surface area contributed by atoms with E-state index >= 15 is 0 Å². The summed E-state index contributed by atoms with van der Waals surface area (Å²) in [5, 5.41) is 14.9. The molecule has 26 heavy (non-hydrogen) atoms. The molecular formula is C20H23ClN2O2S. The van der Waals surface area contributed by atoms with Gasteiger partial charge in [-0.2, -0.15) is 0 Å². The van der Waals surface area contributed by atoms with Crippen LogP contribution in [0.3, 0.4) is 0 Å². The maximum Gasteiger partial charge on any atom is 0.197 e. The molecule has 1 atom stereocenters. The number of nitrogens with zero attached hydrogens (tertiary/aromatic N) is 1. The molecule has 1 aromatic heterocycles. The van der Waals surface area contributed by atoms with Gasteiger partial charge in [-0.3, -0.25) is 4.79 Å². The third kappa shape index (κ3) is 4.01. The molecule has 0 fully saturated rings. The van der Waals surface area contributed by atoms with Gasteiger partial charge in [-0.25, -0.2) is 0 Å². The molecule has 0 saturated carbocycles. The molecule has 4 nitrogen and oxygen atoms in total. The fourth-order valence-electron chi connectivity index (χ4n) is 3.13. The summed E-state index contributed by atoms with van der Waals surface area (Å²) >= 11 is 7.70. The maximum atomic E-state index is 13.1. The predicted molar refractivity (Wildman–Crippen MR) is 113 cm³/mol. The van der Waals surface area contributed by atoms with Gasteiger partial charge in [-0.05, 0) is 50.7 Å². The minimum absolute atomic E-state index is 0.0361. The first-order valence-electron chi connectivity index (χ1n) is 8.63. The zero-order valence-corrected chi connectivity index (χ0v) is 16.7. The molecule has 2 aromatic carbocycles. The first-order chi connectivity index (χ1) is 12.4. The van der Waals surface area contributed by atoms with Crippen molar-refractivity contribution in [3.05, 3.63) is 51.1 Å². The lowest BCUT2D eigenvalue weighted by molar-refractivity contribution is 0.143. The lowest BCUT2D eigenvalue weighted by Crippen LogP contribution is -2.31. The van der Waals surface area contributed by atoms with Crippen molar-refractivity contribution >= 4 is 48.8 Å². The predicted octanol–water partition coefficient (Wildman–Crippen LogP) is 4.10. The smallest absolute Gasteiger partial charge is 0.197 e. The van der Waals surface area contributed by atoms with Crippen molar-refractivity contribution in [2.45, 2.75) is 20.0 Å². The van der Waals surface area contributed by atoms with Crippen LogP contribution in [-0.2, 0) is 0 Å². The summed E-state index contributed by atoms with van der Waals surface area (Å²) in [6.07, 6.45) is -0.353. The Labute approximate surface area is 162 Å². The molecule has 6 heteroatoms. The Bertz CT molecular complexity index is 1000. The van der Waals surface area contributed by atoms with Crippen molar-refractivity contribution in [3.63, 3.8) is 0 Å². The zero-order valence-electron chi connectivity index (χ0n) is 15.2. The molecule has 0 aliphatic carbocycles. The Kier molecular flexibility index (Phi) is 5.82. The van der Waals surface area contributed by atoms with E-state index in [4.69, 9.17) is 11.6 Å². The molecule has 138 valence electrons. The molecule has 0 saturated heterocycles. The second-order valence-corrected chi connectivity index (χ2v) is 8.23. The number of aryl methyl sites for hydroxylation is 1. The average molecular weight is 391 g/mol. The van der Waals surface area contributed by atoms with E-state index in [0.717, 1.165) is 32.6 Å². The Hall–Kier alpha value is -1.66. The number of hydrogen-bond donors (Lipinski definition) is 2. The number of rotatable bonds is 6. The van der Waals surface area contributed by atoms with Gasteiger partial charge >= 0.3 is 0 Å². The monoisotopic (exact) mass is 390 g/mol. The molecule has 3 aromatic rings. The molecule has 1 heterocycles. The molecule has 1 unspecified atom stereocenters. The normalized spacial score (nSPS) is 12.8. The summed E-state index contributed by atoms with van der Waals surface area (Å²) in [5.41, 5.74) is 1.98. The van der Waals surface area contributed by atoms with Crippen molar-refractivity contribution in [3.8, 4) is 0 Å². The molecule has 0 amide bonds. The number of likely N-dealkylation sites (N-methyl/N-ethyl adjacent to an activating group) is 1. The second kappa shape index (κ2) is 7.92. The highest BCUT2D eigenvalue weighted by Crippen LogP contribution is 2.32. The maximum absolute atomic E-state index is 13.1. The second-order valence-electron chi connectivity index (χ2n) is 6.74. The molecule has 0 spiro atoms. The van der Waals surface area contributed by atoms with Crippen LogP contribution in [0.4, 0.5) is 5.69 Å². The highest BCUT2D eigenvalue weighted by Gasteiger charge is 2.12. The number of aliphatic hydroxyl groups is 1. The highest BCUT2D eigenvalue weighted by molar-refractivity contribution is 7.24. The summed E-state index contributed by atoms with van der Waals surface area (Å²) in [6.45, 7) is 5.90. The molecule has 2 N–H and O–H groups in total. The van der Waals surface area contributed by atoms with Crippen molar-refractivity contribution in [1.82, 2.24) is 4.90 Å². The van der Waals surface area contributed by atoms with E-state index in [-0.39, 0.29) is 11.5 Å². The van der Waals surface area contributed by atoms with Gasteiger partial charge in [-0.1, -0.05) is 17.7 Å². The topological polar surface area (TPSA) is 52.6 Å². The van der Waals surface area contributed by atoms with E-state index in [9.17, 15) is 9.90 Å². The Morgan fingerprint density at radius 1 is 1.31 bits per heavy atom. The van der Waals surface area contributed by atoms with E-state index in [1.807, 2.05) is 32.2 Å². The summed E-state index contributed by atoms with van der Waals surface area (Å²) in [6, 6.07) is 9.43. The number of aliphatic hydroxyl groups excluding tert-OH is 1. The summed E-state index contributed by atoms with van der Waals surface area (Å²) in [4.78, 5) is 15.2. The quantitative estimate of drug-likeness (QED) is 0.622. The van der Waals surface area contributed by atoms with Gasteiger partial charge in [0.15, 0.2) is 5.43 Å². The van der Waals surface area contributed by atoms with E-state index in [0.29, 0.717) is 23.5 Å². The zero-order chi connectivity index (χ0) is 18.8. The van der Waals surface area contributed by atoms with Crippen molar-refractivity contribution in [2.24, 2.45) is 0 Å². The van der Waals surface area contributed by atoms with Crippen molar-refractivity contribution in [1.29, 1.82) is 0 Å². The molecule has 0 radical (unpaired) electrons. The van der Waals surface area contributed by atoms with E-state index in [1.165, 1.54) is 0 Å². The summed E-state index contributed by atoms with van der Waals surface area (Å²) in [5.74, 6) is 0. The van der Waals surface area contributed by atoms with Gasteiger partial charge < -0.3 is 15.3 Å². The van der Waals surface area contributed by atoms with Crippen LogP contribution in [0.1, 0.15) is 12.5 Å². The van der Waals surface area contributed by atoms with Gasteiger partial charge in [0, 0.05) is 45.1 Å². The fourth-order valence-corrected chi connectivity index (χ4v) is 4.57. The van der Waals surface area contributed by atoms with Crippen LogP contribution in [0, 0.1) is 6.92 Å². The number of hydrogen-bond acceptors (Lipinski definition) is 5. The third-order valence-electron chi connectivity index (χ3n) is 4.37. The van der Waals surface area contributed by atoms with Crippen molar-refractivity contribution < 1.29 is 5.11 Å². The van der Waals surface area contributed by atoms with Crippen LogP contribution in [0.5, 0.6) is 0 Å². The first-order valence-corrected chi connectivity index (χ1v) is 9.82. The number of fused-ring (bicyclic) bond motifs is 2. The van der Waals surface area contributed by atoms with Gasteiger partial charge in [0.25, 0.3) is 0 Å². The Morgan fingerprint density at radius 3 is 2.81 bits per heavy atom. The summed E-state index contributed by atoms with van der Waals surface area (Å²) in [7, 11) is 1.97. The number of halogens is 1. The standard InChI is InChI=1S/C20H23ClN2O2S/c1-12-4-7-16(22-8-9-23(3)11-13(2)24)18-19(25)15-6-5-14(21)10-17(15)26-20(12)18/h4-7,10,13,22,24H,8-9,11H2,1-3H3. The van der Waals surface area contributed by atoms with Crippen LogP contribution < -0.4 is 10.7 Å². The number of anilines is 1. The molecule has 3 rings (SSSR count). The lowest BCUT2D eigenvalue weighted by atomic mass is 10.1. The van der Waals surface area contributed by atoms with Gasteiger partial charge in [0.05, 0.1) is 11.5 Å². The Balaban J connectivity index is 1.97. The molecule has 0 bridgehead atoms. The third-order valence-corrected chi connectivity index (χ3v) is 5.89. The van der Waals surface area contributed by atoms with Crippen molar-refractivity contribution in [2.75, 3.05) is 32.0 Å².